The first kappa shape index (κ1) is 16.4. The van der Waals surface area contributed by atoms with Gasteiger partial charge in [0.1, 0.15) is 5.69 Å². The number of carbonyl (C=O) groups is 1. The summed E-state index contributed by atoms with van der Waals surface area (Å²) in [7, 11) is 0. The number of nitrogens with zero attached hydrogens (tertiary/aromatic N) is 2. The van der Waals surface area contributed by atoms with Crippen LogP contribution in [0.1, 0.15) is 27.3 Å². The van der Waals surface area contributed by atoms with Crippen molar-refractivity contribution < 1.29 is 9.53 Å². The standard InChI is InChI=1S/C17H19ClN2O2S/c1-12-15(19-17(18)23-12)16(21)20-8-7-14(9-20)11-22-10-13-5-3-2-4-6-13/h2-6,14H,7-11H2,1H3. The third-order valence-corrected chi connectivity index (χ3v) is 5.09. The molecule has 3 rings (SSSR count). The molecule has 1 aromatic heterocycles. The lowest BCUT2D eigenvalue weighted by atomic mass is 10.1. The van der Waals surface area contributed by atoms with E-state index in [1.807, 2.05) is 30.0 Å². The minimum atomic E-state index is -0.0174. The lowest BCUT2D eigenvalue weighted by Crippen LogP contribution is -2.30. The first-order chi connectivity index (χ1) is 11.1. The zero-order chi connectivity index (χ0) is 16.2. The minimum Gasteiger partial charge on any atom is -0.376 e. The molecule has 1 aliphatic heterocycles. The molecule has 0 N–H and O–H groups in total. The number of likely N-dealkylation sites (tertiary alicyclic amines) is 1. The normalized spacial score (nSPS) is 17.7. The number of benzene rings is 1. The van der Waals surface area contributed by atoms with Gasteiger partial charge in [-0.05, 0) is 18.9 Å². The summed E-state index contributed by atoms with van der Waals surface area (Å²) in [5, 5.41) is 0. The van der Waals surface area contributed by atoms with Crippen molar-refractivity contribution in [3.8, 4) is 0 Å². The van der Waals surface area contributed by atoms with Crippen LogP contribution >= 0.6 is 22.9 Å². The summed E-state index contributed by atoms with van der Waals surface area (Å²) in [6, 6.07) is 10.1. The smallest absolute Gasteiger partial charge is 0.273 e. The molecule has 6 heteroatoms. The molecule has 0 radical (unpaired) electrons. The van der Waals surface area contributed by atoms with E-state index >= 15 is 0 Å². The van der Waals surface area contributed by atoms with E-state index in [0.717, 1.165) is 24.4 Å². The van der Waals surface area contributed by atoms with Gasteiger partial charge in [0.25, 0.3) is 5.91 Å². The van der Waals surface area contributed by atoms with E-state index in [4.69, 9.17) is 16.3 Å². The number of thiazole rings is 1. The predicted octanol–water partition coefficient (Wildman–Crippen LogP) is 3.78. The molecular weight excluding hydrogens is 332 g/mol. The van der Waals surface area contributed by atoms with Gasteiger partial charge >= 0.3 is 0 Å². The molecule has 0 spiro atoms. The van der Waals surface area contributed by atoms with E-state index in [0.29, 0.717) is 29.3 Å². The number of ether oxygens (including phenoxy) is 1. The number of hydrogen-bond donors (Lipinski definition) is 0. The predicted molar refractivity (Wildman–Crippen MR) is 92.0 cm³/mol. The second-order valence-electron chi connectivity index (χ2n) is 5.78. The fourth-order valence-corrected chi connectivity index (χ4v) is 3.83. The van der Waals surface area contributed by atoms with E-state index in [1.165, 1.54) is 16.9 Å². The molecule has 1 atom stereocenters. The molecule has 1 aromatic carbocycles. The molecule has 1 fully saturated rings. The largest absolute Gasteiger partial charge is 0.376 e. The van der Waals surface area contributed by atoms with Crippen molar-refractivity contribution in [2.45, 2.75) is 20.0 Å². The maximum atomic E-state index is 12.5. The molecule has 0 saturated carbocycles. The van der Waals surface area contributed by atoms with E-state index in [9.17, 15) is 4.79 Å². The Hall–Kier alpha value is -1.43. The summed E-state index contributed by atoms with van der Waals surface area (Å²) in [6.45, 7) is 4.66. The van der Waals surface area contributed by atoms with Gasteiger partial charge in [-0.2, -0.15) is 0 Å². The summed E-state index contributed by atoms with van der Waals surface area (Å²) >= 11 is 7.24. The van der Waals surface area contributed by atoms with E-state index < -0.39 is 0 Å². The molecule has 23 heavy (non-hydrogen) atoms. The molecule has 122 valence electrons. The number of carbonyl (C=O) groups excluding carboxylic acids is 1. The van der Waals surface area contributed by atoms with Gasteiger partial charge in [0.05, 0.1) is 13.2 Å². The zero-order valence-corrected chi connectivity index (χ0v) is 14.6. The third kappa shape index (κ3) is 4.10. The third-order valence-electron chi connectivity index (χ3n) is 4.01. The van der Waals surface area contributed by atoms with Crippen LogP contribution in [0.2, 0.25) is 4.47 Å². The van der Waals surface area contributed by atoms with Crippen molar-refractivity contribution >= 4 is 28.8 Å². The number of halogens is 1. The Labute approximate surface area is 145 Å². The van der Waals surface area contributed by atoms with E-state index in [2.05, 4.69) is 17.1 Å². The molecule has 2 heterocycles. The molecule has 1 saturated heterocycles. The summed E-state index contributed by atoms with van der Waals surface area (Å²) in [6.07, 6.45) is 0.970. The van der Waals surface area contributed by atoms with Crippen LogP contribution in [-0.2, 0) is 11.3 Å². The zero-order valence-electron chi connectivity index (χ0n) is 13.0. The maximum Gasteiger partial charge on any atom is 0.273 e. The minimum absolute atomic E-state index is 0.0174. The van der Waals surface area contributed by atoms with Crippen molar-refractivity contribution in [3.63, 3.8) is 0 Å². The lowest BCUT2D eigenvalue weighted by Gasteiger charge is -2.16. The van der Waals surface area contributed by atoms with Crippen LogP contribution in [0.3, 0.4) is 0 Å². The molecule has 1 aliphatic rings. The van der Waals surface area contributed by atoms with Gasteiger partial charge < -0.3 is 9.64 Å². The summed E-state index contributed by atoms with van der Waals surface area (Å²) in [5.74, 6) is 0.369. The van der Waals surface area contributed by atoms with Crippen LogP contribution in [0.15, 0.2) is 30.3 Å². The van der Waals surface area contributed by atoms with Crippen molar-refractivity contribution in [2.24, 2.45) is 5.92 Å². The Bertz CT molecular complexity index is 674. The Morgan fingerprint density at radius 3 is 2.91 bits per heavy atom. The van der Waals surface area contributed by atoms with Gasteiger partial charge in [-0.15, -0.1) is 11.3 Å². The Balaban J connectivity index is 1.48. The van der Waals surface area contributed by atoms with Crippen molar-refractivity contribution in [3.05, 3.63) is 50.9 Å². The van der Waals surface area contributed by atoms with Gasteiger partial charge in [0.15, 0.2) is 4.47 Å². The number of hydrogen-bond acceptors (Lipinski definition) is 4. The SMILES string of the molecule is Cc1sc(Cl)nc1C(=O)N1CCC(COCc2ccccc2)C1. The summed E-state index contributed by atoms with van der Waals surface area (Å²) in [5.41, 5.74) is 1.66. The quantitative estimate of drug-likeness (QED) is 0.824. The highest BCUT2D eigenvalue weighted by Gasteiger charge is 2.29. The number of rotatable bonds is 5. The van der Waals surface area contributed by atoms with Crippen LogP contribution in [-0.4, -0.2) is 35.5 Å². The summed E-state index contributed by atoms with van der Waals surface area (Å²) < 4.78 is 6.22. The number of aryl methyl sites for hydroxylation is 1. The van der Waals surface area contributed by atoms with Crippen molar-refractivity contribution in [1.82, 2.24) is 9.88 Å². The Morgan fingerprint density at radius 2 is 2.22 bits per heavy atom. The lowest BCUT2D eigenvalue weighted by molar-refractivity contribution is 0.0728. The first-order valence-corrected chi connectivity index (χ1v) is 8.87. The van der Waals surface area contributed by atoms with Gasteiger partial charge in [-0.25, -0.2) is 4.98 Å². The first-order valence-electron chi connectivity index (χ1n) is 7.67. The van der Waals surface area contributed by atoms with Crippen LogP contribution < -0.4 is 0 Å². The molecular formula is C17H19ClN2O2S. The average Bonchev–Trinajstić information content (AvgIpc) is 3.14. The molecule has 1 unspecified atom stereocenters. The highest BCUT2D eigenvalue weighted by molar-refractivity contribution is 7.15. The molecule has 2 aromatic rings. The van der Waals surface area contributed by atoms with Gasteiger partial charge in [-0.3, -0.25) is 4.79 Å². The van der Waals surface area contributed by atoms with Crippen LogP contribution in [0.25, 0.3) is 0 Å². The fourth-order valence-electron chi connectivity index (χ4n) is 2.78. The Kier molecular flexibility index (Phi) is 5.30. The van der Waals surface area contributed by atoms with Gasteiger partial charge in [0, 0.05) is 23.9 Å². The van der Waals surface area contributed by atoms with Crippen LogP contribution in [0, 0.1) is 12.8 Å². The van der Waals surface area contributed by atoms with Crippen molar-refractivity contribution in [2.75, 3.05) is 19.7 Å². The van der Waals surface area contributed by atoms with E-state index in [1.54, 1.807) is 0 Å². The number of aromatic nitrogens is 1. The van der Waals surface area contributed by atoms with Crippen molar-refractivity contribution in [1.29, 1.82) is 0 Å². The summed E-state index contributed by atoms with van der Waals surface area (Å²) in [4.78, 5) is 19.4. The molecule has 0 bridgehead atoms. The molecule has 0 aliphatic carbocycles. The average molecular weight is 351 g/mol. The number of amides is 1. The molecule has 1 amide bonds. The molecule has 4 nitrogen and oxygen atoms in total. The fraction of sp³-hybridized carbons (Fsp3) is 0.412. The van der Waals surface area contributed by atoms with E-state index in [-0.39, 0.29) is 5.91 Å². The van der Waals surface area contributed by atoms with Gasteiger partial charge in [-0.1, -0.05) is 41.9 Å². The van der Waals surface area contributed by atoms with Crippen LogP contribution in [0.5, 0.6) is 0 Å². The second-order valence-corrected chi connectivity index (χ2v) is 7.56. The topological polar surface area (TPSA) is 42.4 Å². The highest BCUT2D eigenvalue weighted by atomic mass is 35.5. The second kappa shape index (κ2) is 7.43. The Morgan fingerprint density at radius 1 is 1.43 bits per heavy atom. The highest BCUT2D eigenvalue weighted by Crippen LogP contribution is 2.25. The van der Waals surface area contributed by atoms with Gasteiger partial charge in [0.2, 0.25) is 0 Å². The maximum absolute atomic E-state index is 12.5. The van der Waals surface area contributed by atoms with Crippen LogP contribution in [0.4, 0.5) is 0 Å². The monoisotopic (exact) mass is 350 g/mol.